The third-order valence-corrected chi connectivity index (χ3v) is 2.08. The average Bonchev–Trinajstić information content (AvgIpc) is 2.59. The van der Waals surface area contributed by atoms with E-state index in [0.29, 0.717) is 0 Å². The van der Waals surface area contributed by atoms with E-state index in [0.717, 1.165) is 7.11 Å². The molecule has 1 rings (SSSR count). The second-order valence-electron chi connectivity index (χ2n) is 3.26. The van der Waals surface area contributed by atoms with Gasteiger partial charge in [-0.25, -0.2) is 0 Å². The molecule has 3 nitrogen and oxygen atoms in total. The molecule has 0 unspecified atom stereocenters. The van der Waals surface area contributed by atoms with E-state index in [9.17, 15) is 31.1 Å². The van der Waals surface area contributed by atoms with Crippen LogP contribution in [0, 0.1) is 0 Å². The molecular formula is C9H7F6NO2. The van der Waals surface area contributed by atoms with Gasteiger partial charge in [-0.2, -0.15) is 26.3 Å². The van der Waals surface area contributed by atoms with Crippen molar-refractivity contribution in [3.63, 3.8) is 0 Å². The number of alkyl halides is 6. The first-order valence-electron chi connectivity index (χ1n) is 4.48. The summed E-state index contributed by atoms with van der Waals surface area (Å²) in [5.41, 5.74) is -3.11. The molecular weight excluding hydrogens is 268 g/mol. The van der Waals surface area contributed by atoms with Crippen molar-refractivity contribution in [2.75, 3.05) is 7.11 Å². The highest BCUT2D eigenvalue weighted by molar-refractivity contribution is 5.69. The predicted octanol–water partition coefficient (Wildman–Crippen LogP) is 2.70. The number of ether oxygens (including phenoxy) is 1. The standard InChI is InChI=1S/C9H7F6NO2/c1-18-7(17)4-16-5(8(10,11)12)2-3-6(16)9(13,14)15/h2-3H,4H2,1H3. The Labute approximate surface area is 96.9 Å². The lowest BCUT2D eigenvalue weighted by atomic mass is 10.4. The number of hydrogen-bond acceptors (Lipinski definition) is 2. The van der Waals surface area contributed by atoms with Crippen LogP contribution in [-0.4, -0.2) is 17.6 Å². The maximum atomic E-state index is 12.5. The van der Waals surface area contributed by atoms with Crippen LogP contribution in [0.15, 0.2) is 12.1 Å². The topological polar surface area (TPSA) is 31.2 Å². The quantitative estimate of drug-likeness (QED) is 0.614. The fourth-order valence-electron chi connectivity index (χ4n) is 1.33. The maximum Gasteiger partial charge on any atom is 0.431 e. The Hall–Kier alpha value is -1.67. The van der Waals surface area contributed by atoms with Gasteiger partial charge in [0, 0.05) is 0 Å². The highest BCUT2D eigenvalue weighted by atomic mass is 19.4. The molecule has 0 aromatic carbocycles. The van der Waals surface area contributed by atoms with Crippen LogP contribution in [0.2, 0.25) is 0 Å². The molecule has 0 aliphatic rings. The molecule has 1 heterocycles. The highest BCUT2D eigenvalue weighted by Gasteiger charge is 2.42. The molecule has 0 amide bonds. The van der Waals surface area contributed by atoms with Gasteiger partial charge in [0.2, 0.25) is 0 Å². The lowest BCUT2D eigenvalue weighted by molar-refractivity contribution is -0.155. The van der Waals surface area contributed by atoms with Gasteiger partial charge < -0.3 is 9.30 Å². The van der Waals surface area contributed by atoms with Crippen LogP contribution in [0.3, 0.4) is 0 Å². The molecule has 0 fully saturated rings. The molecule has 0 saturated heterocycles. The summed E-state index contributed by atoms with van der Waals surface area (Å²) in [7, 11) is 0.867. The van der Waals surface area contributed by atoms with Crippen LogP contribution in [0.1, 0.15) is 11.4 Å². The molecule has 1 aromatic rings. The Morgan fingerprint density at radius 2 is 1.50 bits per heavy atom. The minimum Gasteiger partial charge on any atom is -0.468 e. The molecule has 0 aliphatic carbocycles. The monoisotopic (exact) mass is 275 g/mol. The fourth-order valence-corrected chi connectivity index (χ4v) is 1.33. The van der Waals surface area contributed by atoms with Crippen molar-refractivity contribution in [2.45, 2.75) is 18.9 Å². The third-order valence-electron chi connectivity index (χ3n) is 2.08. The third kappa shape index (κ3) is 2.96. The van der Waals surface area contributed by atoms with Gasteiger partial charge in [0.1, 0.15) is 17.9 Å². The average molecular weight is 275 g/mol. The number of esters is 1. The molecule has 18 heavy (non-hydrogen) atoms. The zero-order valence-electron chi connectivity index (χ0n) is 8.89. The van der Waals surface area contributed by atoms with Crippen LogP contribution >= 0.6 is 0 Å². The molecule has 0 atom stereocenters. The van der Waals surface area contributed by atoms with Crippen LogP contribution in [0.4, 0.5) is 26.3 Å². The van der Waals surface area contributed by atoms with Gasteiger partial charge in [0.05, 0.1) is 7.11 Å². The van der Waals surface area contributed by atoms with E-state index in [4.69, 9.17) is 0 Å². The Morgan fingerprint density at radius 3 is 1.78 bits per heavy atom. The summed E-state index contributed by atoms with van der Waals surface area (Å²) in [5, 5.41) is 0. The first-order chi connectivity index (χ1) is 8.07. The normalized spacial score (nSPS) is 12.6. The number of methoxy groups -OCH3 is 1. The number of nitrogens with zero attached hydrogens (tertiary/aromatic N) is 1. The molecule has 1 aromatic heterocycles. The van der Waals surface area contributed by atoms with E-state index in [1.807, 2.05) is 0 Å². The molecule has 0 bridgehead atoms. The van der Waals surface area contributed by atoms with Crippen molar-refractivity contribution in [3.05, 3.63) is 23.5 Å². The van der Waals surface area contributed by atoms with E-state index < -0.39 is 36.3 Å². The second kappa shape index (κ2) is 4.54. The second-order valence-corrected chi connectivity index (χ2v) is 3.26. The summed E-state index contributed by atoms with van der Waals surface area (Å²) in [6.45, 7) is -1.16. The highest BCUT2D eigenvalue weighted by Crippen LogP contribution is 2.36. The fraction of sp³-hybridized carbons (Fsp3) is 0.444. The van der Waals surface area contributed by atoms with Crippen LogP contribution < -0.4 is 0 Å². The van der Waals surface area contributed by atoms with Crippen molar-refractivity contribution in [2.24, 2.45) is 0 Å². The SMILES string of the molecule is COC(=O)Cn1c(C(F)(F)F)ccc1C(F)(F)F. The van der Waals surface area contributed by atoms with E-state index in [2.05, 4.69) is 4.74 Å². The number of aromatic nitrogens is 1. The Kier molecular flexibility index (Phi) is 3.63. The molecule has 102 valence electrons. The van der Waals surface area contributed by atoms with E-state index >= 15 is 0 Å². The van der Waals surface area contributed by atoms with Gasteiger partial charge in [0.15, 0.2) is 0 Å². The minimum absolute atomic E-state index is 0.161. The van der Waals surface area contributed by atoms with Gasteiger partial charge in [-0.3, -0.25) is 4.79 Å². The number of carbonyl (C=O) groups is 1. The summed E-state index contributed by atoms with van der Waals surface area (Å²) in [5.74, 6) is -1.21. The van der Waals surface area contributed by atoms with Gasteiger partial charge in [0.25, 0.3) is 0 Å². The predicted molar refractivity (Wildman–Crippen MR) is 46.5 cm³/mol. The Morgan fingerprint density at radius 1 is 1.11 bits per heavy atom. The molecule has 0 N–H and O–H groups in total. The summed E-state index contributed by atoms with van der Waals surface area (Å²) in [4.78, 5) is 10.9. The zero-order chi connectivity index (χ0) is 14.1. The molecule has 0 saturated carbocycles. The molecule has 0 radical (unpaired) electrons. The number of halogens is 6. The van der Waals surface area contributed by atoms with Gasteiger partial charge in [-0.05, 0) is 12.1 Å². The summed E-state index contributed by atoms with van der Waals surface area (Å²) in [6, 6.07) is 0.539. The summed E-state index contributed by atoms with van der Waals surface area (Å²) >= 11 is 0. The van der Waals surface area contributed by atoms with Gasteiger partial charge in [-0.15, -0.1) is 0 Å². The summed E-state index contributed by atoms with van der Waals surface area (Å²) in [6.07, 6.45) is -9.98. The van der Waals surface area contributed by atoms with Crippen molar-refractivity contribution in [1.82, 2.24) is 4.57 Å². The van der Waals surface area contributed by atoms with Gasteiger partial charge >= 0.3 is 18.3 Å². The lowest BCUT2D eigenvalue weighted by Crippen LogP contribution is -2.23. The van der Waals surface area contributed by atoms with Crippen LogP contribution in [0.5, 0.6) is 0 Å². The number of hydrogen-bond donors (Lipinski definition) is 0. The van der Waals surface area contributed by atoms with Crippen molar-refractivity contribution in [3.8, 4) is 0 Å². The van der Waals surface area contributed by atoms with Crippen molar-refractivity contribution >= 4 is 5.97 Å². The smallest absolute Gasteiger partial charge is 0.431 e. The van der Waals surface area contributed by atoms with Crippen LogP contribution in [-0.2, 0) is 28.4 Å². The van der Waals surface area contributed by atoms with E-state index in [1.165, 1.54) is 0 Å². The summed E-state index contributed by atoms with van der Waals surface area (Å²) < 4.78 is 78.7. The van der Waals surface area contributed by atoms with E-state index in [1.54, 1.807) is 0 Å². The number of rotatable bonds is 2. The minimum atomic E-state index is -4.99. The largest absolute Gasteiger partial charge is 0.468 e. The first kappa shape index (κ1) is 14.4. The molecule has 0 aliphatic heterocycles. The Balaban J connectivity index is 3.31. The van der Waals surface area contributed by atoms with Crippen molar-refractivity contribution < 1.29 is 35.9 Å². The van der Waals surface area contributed by atoms with Crippen LogP contribution in [0.25, 0.3) is 0 Å². The molecule has 0 spiro atoms. The van der Waals surface area contributed by atoms with Crippen molar-refractivity contribution in [1.29, 1.82) is 0 Å². The lowest BCUT2D eigenvalue weighted by Gasteiger charge is -2.15. The van der Waals surface area contributed by atoms with Gasteiger partial charge in [-0.1, -0.05) is 0 Å². The first-order valence-corrected chi connectivity index (χ1v) is 4.48. The maximum absolute atomic E-state index is 12.5. The Bertz CT molecular complexity index is 413. The number of carbonyl (C=O) groups excluding carboxylic acids is 1. The molecule has 9 heteroatoms. The van der Waals surface area contributed by atoms with E-state index in [-0.39, 0.29) is 16.7 Å². The zero-order valence-corrected chi connectivity index (χ0v) is 8.89.